The average Bonchev–Trinajstić information content (AvgIpc) is 3.03. The molecule has 0 spiro atoms. The van der Waals surface area contributed by atoms with Crippen molar-refractivity contribution in [2.24, 2.45) is 0 Å². The Kier molecular flexibility index (Phi) is 5.14. The van der Waals surface area contributed by atoms with Crippen molar-refractivity contribution < 1.29 is 14.4 Å². The van der Waals surface area contributed by atoms with E-state index in [9.17, 15) is 14.4 Å². The molecule has 2 aromatic carbocycles. The second-order valence-electron chi connectivity index (χ2n) is 5.83. The molecule has 128 valence electrons. The standard InChI is InChI=1S/C19H17ClN2O3/c20-16-3-1-2-15(11-16)19(25)21-8-6-18(24)14-4-5-17-13(10-14)7-9-22(17)12-23/h1-5,10-12H,6-9H2,(H,21,25). The summed E-state index contributed by atoms with van der Waals surface area (Å²) in [6.07, 6.45) is 1.77. The Balaban J connectivity index is 1.56. The van der Waals surface area contributed by atoms with Gasteiger partial charge in [-0.1, -0.05) is 17.7 Å². The Morgan fingerprint density at radius 2 is 2.00 bits per heavy atom. The lowest BCUT2D eigenvalue weighted by Gasteiger charge is -2.10. The molecular weight excluding hydrogens is 340 g/mol. The summed E-state index contributed by atoms with van der Waals surface area (Å²) in [5.74, 6) is -0.301. The van der Waals surface area contributed by atoms with Gasteiger partial charge >= 0.3 is 0 Å². The first-order chi connectivity index (χ1) is 12.1. The molecule has 0 saturated heterocycles. The zero-order valence-electron chi connectivity index (χ0n) is 13.5. The van der Waals surface area contributed by atoms with Crippen molar-refractivity contribution in [2.75, 3.05) is 18.0 Å². The molecule has 1 aliphatic heterocycles. The number of halogens is 1. The van der Waals surface area contributed by atoms with Crippen molar-refractivity contribution >= 4 is 35.4 Å². The SMILES string of the molecule is O=CN1CCc2cc(C(=O)CCNC(=O)c3cccc(Cl)c3)ccc21. The summed E-state index contributed by atoms with van der Waals surface area (Å²) in [5.41, 5.74) is 2.93. The number of carbonyl (C=O) groups excluding carboxylic acids is 3. The predicted molar refractivity (Wildman–Crippen MR) is 96.3 cm³/mol. The fraction of sp³-hybridized carbons (Fsp3) is 0.211. The van der Waals surface area contributed by atoms with Crippen molar-refractivity contribution in [3.8, 4) is 0 Å². The zero-order chi connectivity index (χ0) is 17.8. The highest BCUT2D eigenvalue weighted by Gasteiger charge is 2.19. The van der Waals surface area contributed by atoms with Crippen molar-refractivity contribution in [1.82, 2.24) is 5.32 Å². The molecule has 2 amide bonds. The molecule has 1 N–H and O–H groups in total. The van der Waals surface area contributed by atoms with Crippen LogP contribution in [0.25, 0.3) is 0 Å². The maximum atomic E-state index is 12.3. The van der Waals surface area contributed by atoms with E-state index in [0.29, 0.717) is 22.7 Å². The van der Waals surface area contributed by atoms with Crippen LogP contribution >= 0.6 is 11.6 Å². The van der Waals surface area contributed by atoms with Crippen molar-refractivity contribution in [3.05, 3.63) is 64.2 Å². The minimum atomic E-state index is -0.258. The number of nitrogens with zero attached hydrogens (tertiary/aromatic N) is 1. The molecule has 0 aliphatic carbocycles. The molecule has 0 saturated carbocycles. The molecule has 25 heavy (non-hydrogen) atoms. The van der Waals surface area contributed by atoms with E-state index in [-0.39, 0.29) is 24.7 Å². The van der Waals surface area contributed by atoms with E-state index in [1.165, 1.54) is 0 Å². The number of hydrogen-bond acceptors (Lipinski definition) is 3. The molecule has 0 aromatic heterocycles. The van der Waals surface area contributed by atoms with E-state index in [4.69, 9.17) is 11.6 Å². The third-order valence-electron chi connectivity index (χ3n) is 4.18. The van der Waals surface area contributed by atoms with Crippen molar-refractivity contribution in [3.63, 3.8) is 0 Å². The Morgan fingerprint density at radius 1 is 1.16 bits per heavy atom. The molecule has 1 aliphatic rings. The number of benzene rings is 2. The van der Waals surface area contributed by atoms with Gasteiger partial charge in [0.25, 0.3) is 5.91 Å². The summed E-state index contributed by atoms with van der Waals surface area (Å²) in [6.45, 7) is 0.897. The monoisotopic (exact) mass is 356 g/mol. The molecule has 0 atom stereocenters. The van der Waals surface area contributed by atoms with Crippen LogP contribution in [0.4, 0.5) is 5.69 Å². The van der Waals surface area contributed by atoms with E-state index >= 15 is 0 Å². The van der Waals surface area contributed by atoms with Crippen LogP contribution in [0, 0.1) is 0 Å². The number of amides is 2. The summed E-state index contributed by atoms with van der Waals surface area (Å²) < 4.78 is 0. The largest absolute Gasteiger partial charge is 0.352 e. The van der Waals surface area contributed by atoms with E-state index in [2.05, 4.69) is 5.32 Å². The van der Waals surface area contributed by atoms with Gasteiger partial charge in [-0.2, -0.15) is 0 Å². The first-order valence-electron chi connectivity index (χ1n) is 8.00. The second kappa shape index (κ2) is 7.49. The molecule has 3 rings (SSSR count). The van der Waals surface area contributed by atoms with Gasteiger partial charge in [-0.15, -0.1) is 0 Å². The van der Waals surface area contributed by atoms with Crippen LogP contribution in [0.2, 0.25) is 5.02 Å². The quantitative estimate of drug-likeness (QED) is 0.639. The van der Waals surface area contributed by atoms with Crippen LogP contribution in [-0.4, -0.2) is 31.2 Å². The van der Waals surface area contributed by atoms with Gasteiger partial charge in [0, 0.05) is 41.3 Å². The molecular formula is C19H17ClN2O3. The average molecular weight is 357 g/mol. The number of ketones is 1. The lowest BCUT2D eigenvalue weighted by atomic mass is 10.0. The Labute approximate surface area is 150 Å². The van der Waals surface area contributed by atoms with Gasteiger partial charge in [0.05, 0.1) is 0 Å². The molecule has 6 heteroatoms. The Bertz CT molecular complexity index is 835. The van der Waals surface area contributed by atoms with Crippen LogP contribution in [0.3, 0.4) is 0 Å². The minimum Gasteiger partial charge on any atom is -0.352 e. The van der Waals surface area contributed by atoms with Crippen LogP contribution in [0.5, 0.6) is 0 Å². The summed E-state index contributed by atoms with van der Waals surface area (Å²) in [5, 5.41) is 3.21. The summed E-state index contributed by atoms with van der Waals surface area (Å²) >= 11 is 5.86. The third-order valence-corrected chi connectivity index (χ3v) is 4.42. The summed E-state index contributed by atoms with van der Waals surface area (Å²) in [4.78, 5) is 36.9. The summed E-state index contributed by atoms with van der Waals surface area (Å²) in [7, 11) is 0. The Morgan fingerprint density at radius 3 is 2.76 bits per heavy atom. The number of nitrogens with one attached hydrogen (secondary N) is 1. The van der Waals surface area contributed by atoms with Gasteiger partial charge in [0.2, 0.25) is 6.41 Å². The van der Waals surface area contributed by atoms with E-state index in [0.717, 1.165) is 24.1 Å². The number of anilines is 1. The zero-order valence-corrected chi connectivity index (χ0v) is 14.3. The number of carbonyl (C=O) groups is 3. The predicted octanol–water partition coefficient (Wildman–Crippen LogP) is 2.86. The molecule has 0 unspecified atom stereocenters. The van der Waals surface area contributed by atoms with Crippen LogP contribution < -0.4 is 10.2 Å². The number of hydrogen-bond donors (Lipinski definition) is 1. The van der Waals surface area contributed by atoms with Gasteiger partial charge in [-0.3, -0.25) is 14.4 Å². The molecule has 0 fully saturated rings. The number of Topliss-reactive ketones (excluding diaryl/α,β-unsaturated/α-hetero) is 1. The van der Waals surface area contributed by atoms with Gasteiger partial charge < -0.3 is 10.2 Å². The highest BCUT2D eigenvalue weighted by molar-refractivity contribution is 6.30. The first kappa shape index (κ1) is 17.2. The first-order valence-corrected chi connectivity index (χ1v) is 8.38. The fourth-order valence-electron chi connectivity index (χ4n) is 2.88. The molecule has 0 bridgehead atoms. The van der Waals surface area contributed by atoms with E-state index in [1.54, 1.807) is 41.3 Å². The van der Waals surface area contributed by atoms with Crippen molar-refractivity contribution in [1.29, 1.82) is 0 Å². The normalized spacial score (nSPS) is 12.6. The molecule has 1 heterocycles. The third kappa shape index (κ3) is 3.88. The maximum Gasteiger partial charge on any atom is 0.251 e. The second-order valence-corrected chi connectivity index (χ2v) is 6.27. The Hall–Kier alpha value is -2.66. The molecule has 2 aromatic rings. The lowest BCUT2D eigenvalue weighted by Crippen LogP contribution is -2.26. The van der Waals surface area contributed by atoms with Crippen LogP contribution in [-0.2, 0) is 11.2 Å². The topological polar surface area (TPSA) is 66.5 Å². The van der Waals surface area contributed by atoms with Crippen LogP contribution in [0.1, 0.15) is 32.7 Å². The number of fused-ring (bicyclic) bond motifs is 1. The molecule has 0 radical (unpaired) electrons. The van der Waals surface area contributed by atoms with E-state index < -0.39 is 0 Å². The smallest absolute Gasteiger partial charge is 0.251 e. The highest BCUT2D eigenvalue weighted by atomic mass is 35.5. The van der Waals surface area contributed by atoms with E-state index in [1.807, 2.05) is 6.07 Å². The maximum absolute atomic E-state index is 12.3. The molecule has 5 nitrogen and oxygen atoms in total. The van der Waals surface area contributed by atoms with Crippen molar-refractivity contribution in [2.45, 2.75) is 12.8 Å². The minimum absolute atomic E-state index is 0.0428. The van der Waals surface area contributed by atoms with Gasteiger partial charge in [0.15, 0.2) is 5.78 Å². The fourth-order valence-corrected chi connectivity index (χ4v) is 3.07. The summed E-state index contributed by atoms with van der Waals surface area (Å²) in [6, 6.07) is 12.0. The van der Waals surface area contributed by atoms with Gasteiger partial charge in [-0.25, -0.2) is 0 Å². The van der Waals surface area contributed by atoms with Crippen LogP contribution in [0.15, 0.2) is 42.5 Å². The lowest BCUT2D eigenvalue weighted by molar-refractivity contribution is -0.107. The highest BCUT2D eigenvalue weighted by Crippen LogP contribution is 2.27. The van der Waals surface area contributed by atoms with Gasteiger partial charge in [0.1, 0.15) is 0 Å². The number of rotatable bonds is 6. The van der Waals surface area contributed by atoms with Gasteiger partial charge in [-0.05, 0) is 48.4 Å².